The van der Waals surface area contributed by atoms with Crippen LogP contribution in [-0.4, -0.2) is 0 Å². The van der Waals surface area contributed by atoms with Gasteiger partial charge in [0.2, 0.25) is 0 Å². The lowest BCUT2D eigenvalue weighted by molar-refractivity contribution is 1.50. The number of nitrogen functional groups attached to an aromatic ring is 1. The number of rotatable bonds is 0. The number of hydrogen-bond donors (Lipinski definition) is 1. The SMILES string of the molecule is Cc1cc(N)c2scc(C)c2c1. The Kier molecular flexibility index (Phi) is 1.58. The standard InChI is InChI=1S/C10H11NS/c1-6-3-8-7(2)5-12-10(8)9(11)4-6/h3-5H,11H2,1-2H3. The molecule has 0 unspecified atom stereocenters. The molecule has 1 heterocycles. The highest BCUT2D eigenvalue weighted by Gasteiger charge is 2.03. The monoisotopic (exact) mass is 177 g/mol. The van der Waals surface area contributed by atoms with Crippen molar-refractivity contribution in [3.63, 3.8) is 0 Å². The summed E-state index contributed by atoms with van der Waals surface area (Å²) in [7, 11) is 0. The van der Waals surface area contributed by atoms with Gasteiger partial charge in [0.05, 0.1) is 4.70 Å². The molecule has 0 spiro atoms. The zero-order valence-corrected chi connectivity index (χ0v) is 8.03. The van der Waals surface area contributed by atoms with Crippen LogP contribution in [0.2, 0.25) is 0 Å². The van der Waals surface area contributed by atoms with Crippen LogP contribution in [0.5, 0.6) is 0 Å². The molecule has 2 rings (SSSR count). The summed E-state index contributed by atoms with van der Waals surface area (Å²) in [5, 5.41) is 3.46. The average Bonchev–Trinajstić information content (AvgIpc) is 2.33. The van der Waals surface area contributed by atoms with Crippen LogP contribution in [-0.2, 0) is 0 Å². The molecule has 62 valence electrons. The van der Waals surface area contributed by atoms with E-state index >= 15 is 0 Å². The summed E-state index contributed by atoms with van der Waals surface area (Å²) < 4.78 is 1.22. The largest absolute Gasteiger partial charge is 0.398 e. The molecular formula is C10H11NS. The molecule has 2 heteroatoms. The second-order valence-corrected chi connectivity index (χ2v) is 4.03. The summed E-state index contributed by atoms with van der Waals surface area (Å²) in [5.74, 6) is 0. The van der Waals surface area contributed by atoms with Gasteiger partial charge in [0.15, 0.2) is 0 Å². The molecule has 0 amide bonds. The van der Waals surface area contributed by atoms with Crippen LogP contribution < -0.4 is 5.73 Å². The van der Waals surface area contributed by atoms with Gasteiger partial charge in [-0.25, -0.2) is 0 Å². The summed E-state index contributed by atoms with van der Waals surface area (Å²) >= 11 is 1.72. The highest BCUT2D eigenvalue weighted by molar-refractivity contribution is 7.18. The molecule has 0 radical (unpaired) electrons. The second kappa shape index (κ2) is 2.49. The quantitative estimate of drug-likeness (QED) is 0.615. The maximum atomic E-state index is 5.88. The fourth-order valence-electron chi connectivity index (χ4n) is 1.44. The Balaban J connectivity index is 2.92. The number of fused-ring (bicyclic) bond motifs is 1. The van der Waals surface area contributed by atoms with E-state index in [1.54, 1.807) is 11.3 Å². The van der Waals surface area contributed by atoms with Gasteiger partial charge in [-0.15, -0.1) is 11.3 Å². The molecule has 0 aliphatic rings. The van der Waals surface area contributed by atoms with Crippen molar-refractivity contribution in [2.45, 2.75) is 13.8 Å². The first kappa shape index (κ1) is 7.62. The van der Waals surface area contributed by atoms with Crippen molar-refractivity contribution in [1.82, 2.24) is 0 Å². The smallest absolute Gasteiger partial charge is 0.0575 e. The summed E-state index contributed by atoms with van der Waals surface area (Å²) in [5.41, 5.74) is 9.35. The van der Waals surface area contributed by atoms with E-state index in [0.717, 1.165) is 5.69 Å². The topological polar surface area (TPSA) is 26.0 Å². The fraction of sp³-hybridized carbons (Fsp3) is 0.200. The normalized spacial score (nSPS) is 10.8. The van der Waals surface area contributed by atoms with Crippen LogP contribution in [0.3, 0.4) is 0 Å². The molecule has 0 atom stereocenters. The van der Waals surface area contributed by atoms with Crippen molar-refractivity contribution in [2.24, 2.45) is 0 Å². The fourth-order valence-corrected chi connectivity index (χ4v) is 2.40. The van der Waals surface area contributed by atoms with Gasteiger partial charge >= 0.3 is 0 Å². The Hall–Kier alpha value is -1.02. The molecular weight excluding hydrogens is 166 g/mol. The zero-order chi connectivity index (χ0) is 8.72. The third-order valence-electron chi connectivity index (χ3n) is 2.04. The van der Waals surface area contributed by atoms with Crippen molar-refractivity contribution in [3.8, 4) is 0 Å². The van der Waals surface area contributed by atoms with Crippen LogP contribution >= 0.6 is 11.3 Å². The third kappa shape index (κ3) is 0.994. The van der Waals surface area contributed by atoms with Crippen LogP contribution in [0.4, 0.5) is 5.69 Å². The third-order valence-corrected chi connectivity index (χ3v) is 3.20. The average molecular weight is 177 g/mol. The van der Waals surface area contributed by atoms with Crippen molar-refractivity contribution in [3.05, 3.63) is 28.6 Å². The molecule has 0 aliphatic carbocycles. The maximum Gasteiger partial charge on any atom is 0.0575 e. The number of nitrogens with two attached hydrogens (primary N) is 1. The van der Waals surface area contributed by atoms with E-state index in [2.05, 4.69) is 25.3 Å². The van der Waals surface area contributed by atoms with Crippen molar-refractivity contribution in [2.75, 3.05) is 5.73 Å². The molecule has 0 fully saturated rings. The molecule has 2 N–H and O–H groups in total. The van der Waals surface area contributed by atoms with Gasteiger partial charge < -0.3 is 5.73 Å². The minimum atomic E-state index is 0.906. The number of aryl methyl sites for hydroxylation is 2. The highest BCUT2D eigenvalue weighted by Crippen LogP contribution is 2.31. The van der Waals surface area contributed by atoms with E-state index in [0.29, 0.717) is 0 Å². The lowest BCUT2D eigenvalue weighted by Crippen LogP contribution is -1.85. The van der Waals surface area contributed by atoms with Gasteiger partial charge in [0.1, 0.15) is 0 Å². The van der Waals surface area contributed by atoms with Gasteiger partial charge in [-0.3, -0.25) is 0 Å². The Morgan fingerprint density at radius 2 is 2.00 bits per heavy atom. The number of anilines is 1. The first-order valence-corrected chi connectivity index (χ1v) is 4.80. The van der Waals surface area contributed by atoms with E-state index in [4.69, 9.17) is 5.73 Å². The molecule has 1 nitrogen and oxygen atoms in total. The van der Waals surface area contributed by atoms with Gasteiger partial charge in [0.25, 0.3) is 0 Å². The zero-order valence-electron chi connectivity index (χ0n) is 7.22. The molecule has 0 saturated heterocycles. The minimum Gasteiger partial charge on any atom is -0.398 e. The van der Waals surface area contributed by atoms with Gasteiger partial charge in [0, 0.05) is 5.69 Å². The summed E-state index contributed by atoms with van der Waals surface area (Å²) in [4.78, 5) is 0. The minimum absolute atomic E-state index is 0.906. The van der Waals surface area contributed by atoms with E-state index in [-0.39, 0.29) is 0 Å². The first-order valence-electron chi connectivity index (χ1n) is 3.92. The Morgan fingerprint density at radius 3 is 2.75 bits per heavy atom. The van der Waals surface area contributed by atoms with Gasteiger partial charge in [-0.2, -0.15) is 0 Å². The molecule has 0 bridgehead atoms. The van der Waals surface area contributed by atoms with E-state index in [9.17, 15) is 0 Å². The summed E-state index contributed by atoms with van der Waals surface area (Å²) in [6, 6.07) is 4.22. The first-order chi connectivity index (χ1) is 5.68. The second-order valence-electron chi connectivity index (χ2n) is 3.15. The van der Waals surface area contributed by atoms with Crippen molar-refractivity contribution < 1.29 is 0 Å². The molecule has 0 saturated carbocycles. The van der Waals surface area contributed by atoms with Gasteiger partial charge in [-0.1, -0.05) is 6.07 Å². The van der Waals surface area contributed by atoms with Crippen molar-refractivity contribution >= 4 is 27.1 Å². The lowest BCUT2D eigenvalue weighted by atomic mass is 10.1. The number of hydrogen-bond acceptors (Lipinski definition) is 2. The summed E-state index contributed by atoms with van der Waals surface area (Å²) in [6.07, 6.45) is 0. The van der Waals surface area contributed by atoms with E-state index in [1.165, 1.54) is 21.2 Å². The molecule has 2 aromatic rings. The molecule has 12 heavy (non-hydrogen) atoms. The lowest BCUT2D eigenvalue weighted by Gasteiger charge is -1.98. The number of benzene rings is 1. The highest BCUT2D eigenvalue weighted by atomic mass is 32.1. The maximum absolute atomic E-state index is 5.88. The Bertz CT molecular complexity index is 429. The van der Waals surface area contributed by atoms with Gasteiger partial charge in [-0.05, 0) is 41.8 Å². The Labute approximate surface area is 75.8 Å². The van der Waals surface area contributed by atoms with Crippen molar-refractivity contribution in [1.29, 1.82) is 0 Å². The number of thiophene rings is 1. The van der Waals surface area contributed by atoms with Crippen LogP contribution in [0.1, 0.15) is 11.1 Å². The molecule has 1 aromatic heterocycles. The predicted molar refractivity (Wildman–Crippen MR) is 55.7 cm³/mol. The Morgan fingerprint density at radius 1 is 1.25 bits per heavy atom. The van der Waals surface area contributed by atoms with Crippen LogP contribution in [0.15, 0.2) is 17.5 Å². The van der Waals surface area contributed by atoms with E-state index < -0.39 is 0 Å². The summed E-state index contributed by atoms with van der Waals surface area (Å²) in [6.45, 7) is 4.20. The van der Waals surface area contributed by atoms with Crippen LogP contribution in [0.25, 0.3) is 10.1 Å². The van der Waals surface area contributed by atoms with Crippen LogP contribution in [0, 0.1) is 13.8 Å². The molecule has 1 aromatic carbocycles. The molecule has 0 aliphatic heterocycles. The predicted octanol–water partition coefficient (Wildman–Crippen LogP) is 3.10. The van der Waals surface area contributed by atoms with E-state index in [1.807, 2.05) is 6.07 Å².